The van der Waals surface area contributed by atoms with Crippen LogP contribution in [0.4, 0.5) is 4.39 Å². The lowest BCUT2D eigenvalue weighted by atomic mass is 10.0. The minimum absolute atomic E-state index is 0.0331. The second-order valence-electron chi connectivity index (χ2n) is 5.08. The van der Waals surface area contributed by atoms with E-state index in [1.807, 2.05) is 13.8 Å². The highest BCUT2D eigenvalue weighted by atomic mass is 35.5. The number of rotatable bonds is 5. The highest BCUT2D eigenvalue weighted by molar-refractivity contribution is 6.31. The Morgan fingerprint density at radius 3 is 2.71 bits per heavy atom. The molecule has 2 rings (SSSR count). The highest BCUT2D eigenvalue weighted by Crippen LogP contribution is 2.25. The molecule has 1 unspecified atom stereocenters. The summed E-state index contributed by atoms with van der Waals surface area (Å²) in [4.78, 5) is 4.06. The Balaban J connectivity index is 2.14. The molecule has 1 aromatic carbocycles. The van der Waals surface area contributed by atoms with E-state index >= 15 is 0 Å². The van der Waals surface area contributed by atoms with Gasteiger partial charge in [0.2, 0.25) is 0 Å². The molecule has 0 spiro atoms. The fraction of sp³-hybridized carbons (Fsp3) is 0.312. The zero-order valence-corrected chi connectivity index (χ0v) is 12.6. The van der Waals surface area contributed by atoms with Crippen LogP contribution in [-0.4, -0.2) is 16.2 Å². The molecule has 0 aliphatic heterocycles. The van der Waals surface area contributed by atoms with Gasteiger partial charge in [-0.1, -0.05) is 17.7 Å². The van der Waals surface area contributed by atoms with E-state index in [0.717, 1.165) is 0 Å². The minimum Gasteiger partial charge on any atom is -0.489 e. The first-order valence-corrected chi connectivity index (χ1v) is 7.07. The lowest BCUT2D eigenvalue weighted by molar-refractivity contribution is 0.176. The van der Waals surface area contributed by atoms with Crippen LogP contribution in [0.5, 0.6) is 5.75 Å². The summed E-state index contributed by atoms with van der Waals surface area (Å²) in [5.74, 6) is 0.207. The molecule has 21 heavy (non-hydrogen) atoms. The molecule has 0 bridgehead atoms. The van der Waals surface area contributed by atoms with Gasteiger partial charge in [0.05, 0.1) is 18.4 Å². The standard InChI is InChI=1S/C16H17ClFNO2/c1-10(2)21-14-5-12(8-19-9-14)16(20)6-11-3-4-13(18)7-15(11)17/h3-5,7-10,16,20H,6H2,1-2H3. The summed E-state index contributed by atoms with van der Waals surface area (Å²) in [5.41, 5.74) is 1.31. The lowest BCUT2D eigenvalue weighted by Crippen LogP contribution is -2.08. The Labute approximate surface area is 128 Å². The third-order valence-corrected chi connectivity index (χ3v) is 3.27. The van der Waals surface area contributed by atoms with Gasteiger partial charge >= 0.3 is 0 Å². The van der Waals surface area contributed by atoms with Crippen LogP contribution in [0.1, 0.15) is 31.1 Å². The maximum absolute atomic E-state index is 13.0. The summed E-state index contributed by atoms with van der Waals surface area (Å²) in [7, 11) is 0. The van der Waals surface area contributed by atoms with Gasteiger partial charge in [0.15, 0.2) is 0 Å². The molecule has 5 heteroatoms. The van der Waals surface area contributed by atoms with Gasteiger partial charge in [-0.25, -0.2) is 4.39 Å². The number of nitrogens with zero attached hydrogens (tertiary/aromatic N) is 1. The first-order chi connectivity index (χ1) is 9.95. The van der Waals surface area contributed by atoms with Crippen molar-refractivity contribution >= 4 is 11.6 Å². The van der Waals surface area contributed by atoms with Crippen molar-refractivity contribution in [1.82, 2.24) is 4.98 Å². The zero-order chi connectivity index (χ0) is 15.4. The number of aromatic nitrogens is 1. The molecule has 0 fully saturated rings. The summed E-state index contributed by atoms with van der Waals surface area (Å²) < 4.78 is 18.6. The van der Waals surface area contributed by atoms with E-state index in [1.54, 1.807) is 24.5 Å². The smallest absolute Gasteiger partial charge is 0.138 e. The molecule has 0 saturated heterocycles. The number of halogens is 2. The second kappa shape index (κ2) is 6.87. The van der Waals surface area contributed by atoms with Gasteiger partial charge in [-0.05, 0) is 37.6 Å². The van der Waals surface area contributed by atoms with Crippen LogP contribution >= 0.6 is 11.6 Å². The number of aliphatic hydroxyl groups excluding tert-OH is 1. The van der Waals surface area contributed by atoms with Crippen LogP contribution in [0, 0.1) is 5.82 Å². The van der Waals surface area contributed by atoms with E-state index in [2.05, 4.69) is 4.98 Å². The van der Waals surface area contributed by atoms with E-state index in [4.69, 9.17) is 16.3 Å². The van der Waals surface area contributed by atoms with Crippen molar-refractivity contribution in [2.45, 2.75) is 32.5 Å². The third kappa shape index (κ3) is 4.41. The predicted molar refractivity (Wildman–Crippen MR) is 80.1 cm³/mol. The molecule has 1 N–H and O–H groups in total. The second-order valence-corrected chi connectivity index (χ2v) is 5.48. The summed E-state index contributed by atoms with van der Waals surface area (Å²) in [5, 5.41) is 10.6. The maximum Gasteiger partial charge on any atom is 0.138 e. The minimum atomic E-state index is -0.781. The zero-order valence-electron chi connectivity index (χ0n) is 11.9. The fourth-order valence-electron chi connectivity index (χ4n) is 1.97. The SMILES string of the molecule is CC(C)Oc1cncc(C(O)Cc2ccc(F)cc2Cl)c1. The first kappa shape index (κ1) is 15.7. The molecular weight excluding hydrogens is 293 g/mol. The summed E-state index contributed by atoms with van der Waals surface area (Å²) in [6, 6.07) is 5.88. The van der Waals surface area contributed by atoms with Gasteiger partial charge in [0, 0.05) is 23.2 Å². The van der Waals surface area contributed by atoms with Gasteiger partial charge in [-0.15, -0.1) is 0 Å². The lowest BCUT2D eigenvalue weighted by Gasteiger charge is -2.14. The van der Waals surface area contributed by atoms with Crippen molar-refractivity contribution in [2.75, 3.05) is 0 Å². The van der Waals surface area contributed by atoms with Crippen LogP contribution in [0.25, 0.3) is 0 Å². The number of aliphatic hydroxyl groups is 1. The monoisotopic (exact) mass is 309 g/mol. The van der Waals surface area contributed by atoms with Gasteiger partial charge in [-0.2, -0.15) is 0 Å². The quantitative estimate of drug-likeness (QED) is 0.909. The van der Waals surface area contributed by atoms with Crippen LogP contribution < -0.4 is 4.74 Å². The maximum atomic E-state index is 13.0. The molecule has 0 aliphatic rings. The molecule has 1 atom stereocenters. The van der Waals surface area contributed by atoms with Gasteiger partial charge in [0.1, 0.15) is 11.6 Å². The van der Waals surface area contributed by atoms with Crippen LogP contribution in [-0.2, 0) is 6.42 Å². The van der Waals surface area contributed by atoms with Crippen LogP contribution in [0.15, 0.2) is 36.7 Å². The van der Waals surface area contributed by atoms with E-state index < -0.39 is 11.9 Å². The van der Waals surface area contributed by atoms with E-state index in [1.165, 1.54) is 12.1 Å². The topological polar surface area (TPSA) is 42.4 Å². The van der Waals surface area contributed by atoms with E-state index in [0.29, 0.717) is 21.9 Å². The van der Waals surface area contributed by atoms with Crippen molar-refractivity contribution in [3.63, 3.8) is 0 Å². The molecule has 0 amide bonds. The highest BCUT2D eigenvalue weighted by Gasteiger charge is 2.13. The molecule has 1 heterocycles. The molecule has 112 valence electrons. The molecule has 3 nitrogen and oxygen atoms in total. The predicted octanol–water partition coefficient (Wildman–Crippen LogP) is 3.94. The Bertz CT molecular complexity index is 619. The van der Waals surface area contributed by atoms with Gasteiger partial charge in [0.25, 0.3) is 0 Å². The average Bonchev–Trinajstić information content (AvgIpc) is 2.41. The van der Waals surface area contributed by atoms with Crippen LogP contribution in [0.3, 0.4) is 0 Å². The Morgan fingerprint density at radius 2 is 2.05 bits per heavy atom. The number of benzene rings is 1. The largest absolute Gasteiger partial charge is 0.489 e. The summed E-state index contributed by atoms with van der Waals surface area (Å²) >= 11 is 5.97. The van der Waals surface area contributed by atoms with Crippen molar-refractivity contribution in [3.05, 3.63) is 58.6 Å². The summed E-state index contributed by atoms with van der Waals surface area (Å²) in [6.45, 7) is 3.84. The molecule has 0 radical (unpaired) electrons. The van der Waals surface area contributed by atoms with Crippen molar-refractivity contribution in [1.29, 1.82) is 0 Å². The van der Waals surface area contributed by atoms with E-state index in [-0.39, 0.29) is 12.5 Å². The number of hydrogen-bond donors (Lipinski definition) is 1. The molecular formula is C16H17ClFNO2. The number of pyridine rings is 1. The Hall–Kier alpha value is -1.65. The van der Waals surface area contributed by atoms with Crippen LogP contribution in [0.2, 0.25) is 5.02 Å². The number of ether oxygens (including phenoxy) is 1. The fourth-order valence-corrected chi connectivity index (χ4v) is 2.21. The van der Waals surface area contributed by atoms with Crippen molar-refractivity contribution in [2.24, 2.45) is 0 Å². The van der Waals surface area contributed by atoms with Crippen molar-refractivity contribution < 1.29 is 14.2 Å². The molecule has 0 aliphatic carbocycles. The van der Waals surface area contributed by atoms with Crippen molar-refractivity contribution in [3.8, 4) is 5.75 Å². The molecule has 1 aromatic heterocycles. The normalized spacial score (nSPS) is 12.5. The molecule has 2 aromatic rings. The Morgan fingerprint density at radius 1 is 1.29 bits per heavy atom. The Kier molecular flexibility index (Phi) is 5.15. The molecule has 0 saturated carbocycles. The van der Waals surface area contributed by atoms with Gasteiger partial charge in [-0.3, -0.25) is 4.98 Å². The van der Waals surface area contributed by atoms with Gasteiger partial charge < -0.3 is 9.84 Å². The average molecular weight is 310 g/mol. The number of hydrogen-bond acceptors (Lipinski definition) is 3. The van der Waals surface area contributed by atoms with E-state index in [9.17, 15) is 9.50 Å². The first-order valence-electron chi connectivity index (χ1n) is 6.69. The summed E-state index contributed by atoms with van der Waals surface area (Å²) in [6.07, 6.45) is 2.71. The third-order valence-electron chi connectivity index (χ3n) is 2.92.